The van der Waals surface area contributed by atoms with Crippen LogP contribution in [0.15, 0.2) is 0 Å². The first-order valence-corrected chi connectivity index (χ1v) is 46.7. The summed E-state index contributed by atoms with van der Waals surface area (Å²) in [4.78, 5) is 73.1. The second-order valence-electron chi connectivity index (χ2n) is 30.5. The molecule has 0 radical (unpaired) electrons. The van der Waals surface area contributed by atoms with Crippen LogP contribution in [0.1, 0.15) is 452 Å². The molecular formula is C84H164O17P2. The molecule has 0 fully saturated rings. The maximum Gasteiger partial charge on any atom is 0.472 e. The topological polar surface area (TPSA) is 237 Å². The van der Waals surface area contributed by atoms with Crippen LogP contribution in [0.4, 0.5) is 0 Å². The average Bonchev–Trinajstić information content (AvgIpc) is 0.937. The van der Waals surface area contributed by atoms with Gasteiger partial charge in [0.15, 0.2) is 12.2 Å². The van der Waals surface area contributed by atoms with E-state index in [9.17, 15) is 43.2 Å². The molecular weight excluding hydrogens is 1340 g/mol. The first kappa shape index (κ1) is 101. The Morgan fingerprint density at radius 2 is 0.466 bits per heavy atom. The highest BCUT2D eigenvalue weighted by atomic mass is 31.2. The lowest BCUT2D eigenvalue weighted by molar-refractivity contribution is -0.161. The van der Waals surface area contributed by atoms with Gasteiger partial charge in [-0.25, -0.2) is 9.13 Å². The molecule has 0 aliphatic carbocycles. The predicted octanol–water partition coefficient (Wildman–Crippen LogP) is 25.6. The number of hydrogen-bond acceptors (Lipinski definition) is 15. The summed E-state index contributed by atoms with van der Waals surface area (Å²) in [5.74, 6) is -1.37. The van der Waals surface area contributed by atoms with Crippen LogP contribution in [-0.2, 0) is 65.4 Å². The smallest absolute Gasteiger partial charge is 0.462 e. The maximum absolute atomic E-state index is 13.1. The zero-order valence-electron chi connectivity index (χ0n) is 67.5. The van der Waals surface area contributed by atoms with Crippen molar-refractivity contribution in [3.8, 4) is 0 Å². The number of phosphoric ester groups is 2. The fourth-order valence-electron chi connectivity index (χ4n) is 13.1. The zero-order valence-corrected chi connectivity index (χ0v) is 69.3. The van der Waals surface area contributed by atoms with Gasteiger partial charge in [-0.1, -0.05) is 401 Å². The number of carbonyl (C=O) groups is 4. The highest BCUT2D eigenvalue weighted by molar-refractivity contribution is 7.47. The fraction of sp³-hybridized carbons (Fsp3) is 0.952. The van der Waals surface area contributed by atoms with Crippen LogP contribution in [0.25, 0.3) is 0 Å². The van der Waals surface area contributed by atoms with Crippen molar-refractivity contribution in [1.82, 2.24) is 0 Å². The summed E-state index contributed by atoms with van der Waals surface area (Å²) in [7, 11) is -9.92. The number of aliphatic hydroxyl groups excluding tert-OH is 1. The summed E-state index contributed by atoms with van der Waals surface area (Å²) in [5.41, 5.74) is 0. The van der Waals surface area contributed by atoms with E-state index in [0.29, 0.717) is 25.7 Å². The summed E-state index contributed by atoms with van der Waals surface area (Å²) < 4.78 is 68.8. The van der Waals surface area contributed by atoms with E-state index in [1.54, 1.807) is 0 Å². The molecule has 0 spiro atoms. The number of phosphoric acid groups is 2. The van der Waals surface area contributed by atoms with Gasteiger partial charge < -0.3 is 33.8 Å². The Bertz CT molecular complexity index is 1960. The van der Waals surface area contributed by atoms with E-state index in [4.69, 9.17) is 37.0 Å². The summed E-state index contributed by atoms with van der Waals surface area (Å²) >= 11 is 0. The van der Waals surface area contributed by atoms with Gasteiger partial charge in [-0.15, -0.1) is 0 Å². The van der Waals surface area contributed by atoms with Crippen LogP contribution in [0.3, 0.4) is 0 Å². The number of rotatable bonds is 84. The van der Waals surface area contributed by atoms with Gasteiger partial charge in [-0.3, -0.25) is 37.3 Å². The monoisotopic (exact) mass is 1510 g/mol. The minimum atomic E-state index is -4.96. The van der Waals surface area contributed by atoms with E-state index < -0.39 is 97.5 Å². The van der Waals surface area contributed by atoms with Gasteiger partial charge in [-0.05, 0) is 31.6 Å². The van der Waals surface area contributed by atoms with Gasteiger partial charge in [0.1, 0.15) is 19.3 Å². The Kier molecular flexibility index (Phi) is 75.4. The number of carbonyl (C=O) groups excluding carboxylic acids is 4. The Morgan fingerprint density at radius 3 is 0.689 bits per heavy atom. The molecule has 6 atom stereocenters. The lowest BCUT2D eigenvalue weighted by Gasteiger charge is -2.21. The van der Waals surface area contributed by atoms with Gasteiger partial charge >= 0.3 is 39.5 Å². The molecule has 17 nitrogen and oxygen atoms in total. The number of unbranched alkanes of at least 4 members (excludes halogenated alkanes) is 55. The molecule has 103 heavy (non-hydrogen) atoms. The first-order chi connectivity index (χ1) is 50.1. The molecule has 3 unspecified atom stereocenters. The van der Waals surface area contributed by atoms with E-state index in [1.807, 2.05) is 0 Å². The first-order valence-electron chi connectivity index (χ1n) is 43.7. The van der Waals surface area contributed by atoms with Gasteiger partial charge in [0.05, 0.1) is 26.4 Å². The van der Waals surface area contributed by atoms with Crippen LogP contribution >= 0.6 is 15.6 Å². The highest BCUT2D eigenvalue weighted by Crippen LogP contribution is 2.45. The van der Waals surface area contributed by atoms with Crippen LogP contribution in [-0.4, -0.2) is 96.7 Å². The van der Waals surface area contributed by atoms with Gasteiger partial charge in [-0.2, -0.15) is 0 Å². The quantitative estimate of drug-likeness (QED) is 0.0222. The largest absolute Gasteiger partial charge is 0.472 e. The maximum atomic E-state index is 13.1. The van der Waals surface area contributed by atoms with E-state index >= 15 is 0 Å². The summed E-state index contributed by atoms with van der Waals surface area (Å²) in [6.07, 6.45) is 69.6. The average molecular weight is 1510 g/mol. The minimum Gasteiger partial charge on any atom is -0.462 e. The Hall–Kier alpha value is -1.94. The van der Waals surface area contributed by atoms with Gasteiger partial charge in [0, 0.05) is 25.7 Å². The van der Waals surface area contributed by atoms with E-state index in [2.05, 4.69) is 34.6 Å². The Labute approximate surface area is 632 Å². The second-order valence-corrected chi connectivity index (χ2v) is 33.4. The van der Waals surface area contributed by atoms with Gasteiger partial charge in [0.2, 0.25) is 0 Å². The normalized spacial score (nSPS) is 14.1. The molecule has 0 aliphatic rings. The lowest BCUT2D eigenvalue weighted by Crippen LogP contribution is -2.30. The fourth-order valence-corrected chi connectivity index (χ4v) is 14.7. The second kappa shape index (κ2) is 76.8. The number of hydrogen-bond donors (Lipinski definition) is 3. The van der Waals surface area contributed by atoms with Crippen molar-refractivity contribution in [3.05, 3.63) is 0 Å². The molecule has 0 saturated carbocycles. The number of ether oxygens (including phenoxy) is 4. The van der Waals surface area contributed by atoms with Crippen molar-refractivity contribution < 1.29 is 80.2 Å². The zero-order chi connectivity index (χ0) is 75.5. The van der Waals surface area contributed by atoms with Crippen LogP contribution in [0, 0.1) is 5.92 Å². The molecule has 0 heterocycles. The standard InChI is InChI=1S/C84H164O17P2/c1-6-10-13-16-19-22-25-28-30-32-34-35-36-37-39-41-44-47-50-53-60-65-70-83(88)100-79(73-94-81(86)67-62-57-51-48-45-43-40-38-33-31-29-26-23-20-17-14-11-7-2)75-98-102(90,91)96-71-78(85)72-97-103(92,93)99-76-80(74-95-82(87)68-63-58-55-54-56-61-66-77(5)9-4)101-84(89)69-64-59-52-49-46-42-27-24-21-18-15-12-8-3/h77-80,85H,6-76H2,1-5H3,(H,90,91)(H,92,93)/t77?,78-,79-,80-/m1/s1. The summed E-state index contributed by atoms with van der Waals surface area (Å²) in [6.45, 7) is 7.31. The van der Waals surface area contributed by atoms with Crippen LogP contribution in [0.2, 0.25) is 0 Å². The molecule has 19 heteroatoms. The molecule has 0 amide bonds. The molecule has 0 aliphatic heterocycles. The highest BCUT2D eigenvalue weighted by Gasteiger charge is 2.30. The number of esters is 4. The Balaban J connectivity index is 5.21. The van der Waals surface area contributed by atoms with Crippen molar-refractivity contribution >= 4 is 39.5 Å². The van der Waals surface area contributed by atoms with E-state index in [0.717, 1.165) is 102 Å². The van der Waals surface area contributed by atoms with E-state index in [1.165, 1.54) is 270 Å². The van der Waals surface area contributed by atoms with Crippen LogP contribution < -0.4 is 0 Å². The van der Waals surface area contributed by atoms with Crippen LogP contribution in [0.5, 0.6) is 0 Å². The van der Waals surface area contributed by atoms with Crippen molar-refractivity contribution in [2.45, 2.75) is 470 Å². The van der Waals surface area contributed by atoms with E-state index in [-0.39, 0.29) is 25.7 Å². The number of aliphatic hydroxyl groups is 1. The molecule has 0 aromatic carbocycles. The molecule has 0 aromatic rings. The molecule has 0 aromatic heterocycles. The minimum absolute atomic E-state index is 0.107. The molecule has 3 N–H and O–H groups in total. The SMILES string of the molecule is CCCCCCCCCCCCCCCCCCCCCCCCC(=O)O[C@H](COC(=O)CCCCCCCCCCCCCCCCCCCC)COP(=O)(O)OC[C@@H](O)COP(=O)(O)OC[C@@H](COC(=O)CCCCCCCCC(C)CC)OC(=O)CCCCCCCCCCCCCCC. The predicted molar refractivity (Wildman–Crippen MR) is 423 cm³/mol. The summed E-state index contributed by atoms with van der Waals surface area (Å²) in [6, 6.07) is 0. The summed E-state index contributed by atoms with van der Waals surface area (Å²) in [5, 5.41) is 10.7. The van der Waals surface area contributed by atoms with Gasteiger partial charge in [0.25, 0.3) is 0 Å². The third-order valence-electron chi connectivity index (χ3n) is 20.1. The molecule has 612 valence electrons. The third kappa shape index (κ3) is 76.6. The Morgan fingerprint density at radius 1 is 0.272 bits per heavy atom. The van der Waals surface area contributed by atoms with Crippen molar-refractivity contribution in [3.63, 3.8) is 0 Å². The van der Waals surface area contributed by atoms with Crippen molar-refractivity contribution in [2.24, 2.45) is 5.92 Å². The van der Waals surface area contributed by atoms with Crippen molar-refractivity contribution in [1.29, 1.82) is 0 Å². The lowest BCUT2D eigenvalue weighted by atomic mass is 10.00. The van der Waals surface area contributed by atoms with Crippen molar-refractivity contribution in [2.75, 3.05) is 39.6 Å². The third-order valence-corrected chi connectivity index (χ3v) is 22.0. The molecule has 0 saturated heterocycles. The molecule has 0 rings (SSSR count). The molecule has 0 bridgehead atoms.